The molecule has 3 aromatic rings. The number of hydrogen-bond acceptors (Lipinski definition) is 4. The molecule has 27 heavy (non-hydrogen) atoms. The zero-order valence-corrected chi connectivity index (χ0v) is 14.8. The highest BCUT2D eigenvalue weighted by Gasteiger charge is 2.12. The predicted molar refractivity (Wildman–Crippen MR) is 104 cm³/mol. The molecular formula is C21H19N3O3. The van der Waals surface area contributed by atoms with Gasteiger partial charge in [0.25, 0.3) is 11.8 Å². The number of amides is 2. The maximum absolute atomic E-state index is 12.4. The Morgan fingerprint density at radius 3 is 2.26 bits per heavy atom. The second-order valence-electron chi connectivity index (χ2n) is 5.66. The first-order chi connectivity index (χ1) is 13.2. The number of carbonyl (C=O) groups is 2. The zero-order chi connectivity index (χ0) is 19.1. The highest BCUT2D eigenvalue weighted by atomic mass is 16.5. The maximum atomic E-state index is 12.4. The summed E-state index contributed by atoms with van der Waals surface area (Å²) in [4.78, 5) is 28.8. The Hall–Kier alpha value is -3.67. The molecule has 136 valence electrons. The van der Waals surface area contributed by atoms with Gasteiger partial charge in [-0.3, -0.25) is 14.6 Å². The number of carbonyl (C=O) groups excluding carboxylic acids is 2. The lowest BCUT2D eigenvalue weighted by Gasteiger charge is -2.08. The normalized spacial score (nSPS) is 10.1. The molecule has 0 bridgehead atoms. The molecule has 0 atom stereocenters. The van der Waals surface area contributed by atoms with E-state index < -0.39 is 5.91 Å². The molecule has 0 aliphatic heterocycles. The van der Waals surface area contributed by atoms with E-state index >= 15 is 0 Å². The monoisotopic (exact) mass is 361 g/mol. The van der Waals surface area contributed by atoms with Crippen LogP contribution < -0.4 is 15.4 Å². The van der Waals surface area contributed by atoms with Crippen LogP contribution in [0.5, 0.6) is 5.75 Å². The van der Waals surface area contributed by atoms with Crippen LogP contribution in [-0.4, -0.2) is 23.4 Å². The molecule has 6 nitrogen and oxygen atoms in total. The summed E-state index contributed by atoms with van der Waals surface area (Å²) in [6.45, 7) is 2.48. The van der Waals surface area contributed by atoms with Crippen LogP contribution in [0.1, 0.15) is 27.8 Å². The fraction of sp³-hybridized carbons (Fsp3) is 0.0952. The molecule has 1 aromatic heterocycles. The smallest absolute Gasteiger partial charge is 0.274 e. The summed E-state index contributed by atoms with van der Waals surface area (Å²) in [7, 11) is 0. The van der Waals surface area contributed by atoms with Crippen LogP contribution in [0.25, 0.3) is 0 Å². The average molecular weight is 361 g/mol. The Bertz CT molecular complexity index is 925. The molecular weight excluding hydrogens is 342 g/mol. The van der Waals surface area contributed by atoms with Gasteiger partial charge in [0.15, 0.2) is 0 Å². The summed E-state index contributed by atoms with van der Waals surface area (Å²) in [5.41, 5.74) is 1.80. The van der Waals surface area contributed by atoms with Crippen LogP contribution in [0.15, 0.2) is 72.9 Å². The number of benzene rings is 2. The van der Waals surface area contributed by atoms with Gasteiger partial charge in [0.1, 0.15) is 11.4 Å². The van der Waals surface area contributed by atoms with Crippen LogP contribution in [0.3, 0.4) is 0 Å². The van der Waals surface area contributed by atoms with Crippen LogP contribution in [0, 0.1) is 0 Å². The van der Waals surface area contributed by atoms with E-state index in [-0.39, 0.29) is 11.6 Å². The van der Waals surface area contributed by atoms with Crippen molar-refractivity contribution in [1.82, 2.24) is 4.98 Å². The number of pyridine rings is 1. The topological polar surface area (TPSA) is 80.3 Å². The third-order valence-electron chi connectivity index (χ3n) is 3.71. The molecule has 0 saturated heterocycles. The zero-order valence-electron chi connectivity index (χ0n) is 14.8. The molecule has 0 unspecified atom stereocenters. The number of aromatic nitrogens is 1. The van der Waals surface area contributed by atoms with Gasteiger partial charge in [0.2, 0.25) is 0 Å². The summed E-state index contributed by atoms with van der Waals surface area (Å²) in [5.74, 6) is 0.0282. The molecule has 2 aromatic carbocycles. The molecule has 6 heteroatoms. The number of nitrogens with one attached hydrogen (secondary N) is 2. The van der Waals surface area contributed by atoms with Crippen molar-refractivity contribution in [2.75, 3.05) is 17.2 Å². The van der Waals surface area contributed by atoms with Crippen LogP contribution in [0.4, 0.5) is 11.4 Å². The van der Waals surface area contributed by atoms with Crippen molar-refractivity contribution in [1.29, 1.82) is 0 Å². The number of ether oxygens (including phenoxy) is 1. The molecule has 1 heterocycles. The Morgan fingerprint density at radius 2 is 1.56 bits per heavy atom. The van der Waals surface area contributed by atoms with E-state index in [0.717, 1.165) is 5.75 Å². The van der Waals surface area contributed by atoms with Crippen molar-refractivity contribution in [3.05, 3.63) is 84.2 Å². The first kappa shape index (κ1) is 18.1. The minimum Gasteiger partial charge on any atom is -0.494 e. The van der Waals surface area contributed by atoms with E-state index in [1.807, 2.05) is 25.1 Å². The fourth-order valence-electron chi connectivity index (χ4n) is 2.42. The van der Waals surface area contributed by atoms with E-state index in [9.17, 15) is 9.59 Å². The molecule has 0 spiro atoms. The molecule has 3 rings (SSSR count). The fourth-order valence-corrected chi connectivity index (χ4v) is 2.42. The standard InChI is InChI=1S/C21H19N3O3/c1-2-27-18-10-8-17(9-11-18)24-21(26)19-14-15(12-13-22-19)20(25)23-16-6-4-3-5-7-16/h3-14H,2H2,1H3,(H,23,25)(H,24,26). The van der Waals surface area contributed by atoms with Crippen molar-refractivity contribution in [2.24, 2.45) is 0 Å². The summed E-state index contributed by atoms with van der Waals surface area (Å²) in [6.07, 6.45) is 1.44. The second kappa shape index (κ2) is 8.62. The number of nitrogens with zero attached hydrogens (tertiary/aromatic N) is 1. The number of para-hydroxylation sites is 1. The lowest BCUT2D eigenvalue weighted by atomic mass is 10.2. The quantitative estimate of drug-likeness (QED) is 0.696. The van der Waals surface area contributed by atoms with Gasteiger partial charge in [-0.2, -0.15) is 0 Å². The Balaban J connectivity index is 1.68. The number of hydrogen-bond donors (Lipinski definition) is 2. The molecule has 0 aliphatic carbocycles. The lowest BCUT2D eigenvalue weighted by molar-refractivity contribution is 0.102. The van der Waals surface area contributed by atoms with Gasteiger partial charge >= 0.3 is 0 Å². The van der Waals surface area contributed by atoms with Gasteiger partial charge in [0.05, 0.1) is 6.61 Å². The first-order valence-corrected chi connectivity index (χ1v) is 8.52. The minimum absolute atomic E-state index is 0.157. The van der Waals surface area contributed by atoms with Crippen molar-refractivity contribution in [2.45, 2.75) is 6.92 Å². The number of rotatable bonds is 6. The molecule has 0 aliphatic rings. The van der Waals surface area contributed by atoms with Crippen molar-refractivity contribution in [3.63, 3.8) is 0 Å². The summed E-state index contributed by atoms with van der Waals surface area (Å²) in [5, 5.41) is 5.53. The van der Waals surface area contributed by atoms with Crippen molar-refractivity contribution >= 4 is 23.2 Å². The van der Waals surface area contributed by atoms with Gasteiger partial charge in [-0.1, -0.05) is 18.2 Å². The molecule has 0 saturated carbocycles. The number of anilines is 2. The maximum Gasteiger partial charge on any atom is 0.274 e. The van der Waals surface area contributed by atoms with Crippen LogP contribution >= 0.6 is 0 Å². The van der Waals surface area contributed by atoms with Gasteiger partial charge in [-0.15, -0.1) is 0 Å². The molecule has 0 fully saturated rings. The molecule has 2 amide bonds. The highest BCUT2D eigenvalue weighted by Crippen LogP contribution is 2.16. The SMILES string of the molecule is CCOc1ccc(NC(=O)c2cc(C(=O)Nc3ccccc3)ccn2)cc1. The predicted octanol–water partition coefficient (Wildman–Crippen LogP) is 3.98. The van der Waals surface area contributed by atoms with E-state index in [4.69, 9.17) is 4.74 Å². The Kier molecular flexibility index (Phi) is 5.79. The van der Waals surface area contributed by atoms with Gasteiger partial charge in [-0.25, -0.2) is 0 Å². The van der Waals surface area contributed by atoms with E-state index in [0.29, 0.717) is 23.5 Å². The van der Waals surface area contributed by atoms with E-state index in [2.05, 4.69) is 15.6 Å². The first-order valence-electron chi connectivity index (χ1n) is 8.52. The highest BCUT2D eigenvalue weighted by molar-refractivity contribution is 6.07. The van der Waals surface area contributed by atoms with Crippen LogP contribution in [0.2, 0.25) is 0 Å². The third-order valence-corrected chi connectivity index (χ3v) is 3.71. The molecule has 2 N–H and O–H groups in total. The molecule has 0 radical (unpaired) electrons. The van der Waals surface area contributed by atoms with Crippen LogP contribution in [-0.2, 0) is 0 Å². The van der Waals surface area contributed by atoms with Gasteiger partial charge in [0, 0.05) is 23.1 Å². The van der Waals surface area contributed by atoms with Crippen molar-refractivity contribution < 1.29 is 14.3 Å². The summed E-state index contributed by atoms with van der Waals surface area (Å²) in [6, 6.07) is 19.2. The second-order valence-corrected chi connectivity index (χ2v) is 5.66. The van der Waals surface area contributed by atoms with Gasteiger partial charge < -0.3 is 15.4 Å². The van der Waals surface area contributed by atoms with E-state index in [1.165, 1.54) is 12.3 Å². The lowest BCUT2D eigenvalue weighted by Crippen LogP contribution is -2.17. The average Bonchev–Trinajstić information content (AvgIpc) is 2.70. The van der Waals surface area contributed by atoms with Crippen molar-refractivity contribution in [3.8, 4) is 5.75 Å². The third kappa shape index (κ3) is 4.92. The summed E-state index contributed by atoms with van der Waals surface area (Å²) >= 11 is 0. The largest absolute Gasteiger partial charge is 0.494 e. The Morgan fingerprint density at radius 1 is 0.889 bits per heavy atom. The van der Waals surface area contributed by atoms with Gasteiger partial charge in [-0.05, 0) is 55.5 Å². The van der Waals surface area contributed by atoms with E-state index in [1.54, 1.807) is 42.5 Å². The Labute approximate surface area is 157 Å². The summed E-state index contributed by atoms with van der Waals surface area (Å²) < 4.78 is 5.37. The minimum atomic E-state index is -0.395.